The van der Waals surface area contributed by atoms with Gasteiger partial charge in [-0.05, 0) is 96.7 Å². The molecule has 1 aliphatic carbocycles. The van der Waals surface area contributed by atoms with Gasteiger partial charge in [0.15, 0.2) is 0 Å². The molecule has 0 saturated carbocycles. The van der Waals surface area contributed by atoms with Crippen molar-refractivity contribution in [2.45, 2.75) is 43.9 Å². The minimum atomic E-state index is 0.303. The van der Waals surface area contributed by atoms with Crippen LogP contribution in [0.25, 0.3) is 0 Å². The van der Waals surface area contributed by atoms with Crippen LogP contribution in [0.3, 0.4) is 0 Å². The molecule has 3 aromatic rings. The monoisotopic (exact) mass is 384 g/mol. The molecule has 0 bridgehead atoms. The Morgan fingerprint density at radius 3 is 2.34 bits per heavy atom. The van der Waals surface area contributed by atoms with E-state index in [1.807, 2.05) is 24.5 Å². The zero-order chi connectivity index (χ0) is 19.6. The fraction of sp³-hybridized carbons (Fsp3) is 0.346. The van der Waals surface area contributed by atoms with Crippen LogP contribution in [-0.2, 0) is 6.42 Å². The molecule has 1 fully saturated rings. The van der Waals surface area contributed by atoms with Gasteiger partial charge < -0.3 is 10.0 Å². The number of phenols is 1. The first-order valence-corrected chi connectivity index (χ1v) is 10.9. The minimum absolute atomic E-state index is 0.303. The number of benzene rings is 2. The smallest absolute Gasteiger partial charge is 0.115 e. The maximum atomic E-state index is 9.99. The van der Waals surface area contributed by atoms with Gasteiger partial charge in [0.05, 0.1) is 0 Å². The van der Waals surface area contributed by atoms with E-state index in [-0.39, 0.29) is 0 Å². The summed E-state index contributed by atoms with van der Waals surface area (Å²) in [6.45, 7) is 2.34. The molecule has 1 N–H and O–H groups in total. The summed E-state index contributed by atoms with van der Waals surface area (Å²) < 4.78 is 0. The van der Waals surface area contributed by atoms with Crippen LogP contribution in [0.2, 0.25) is 0 Å². The van der Waals surface area contributed by atoms with Crippen molar-refractivity contribution in [3.05, 3.63) is 89.2 Å². The molecular formula is C26H28N2O. The number of aromatic nitrogens is 1. The number of hydrogen-bond donors (Lipinski definition) is 1. The number of anilines is 1. The van der Waals surface area contributed by atoms with E-state index < -0.39 is 0 Å². The van der Waals surface area contributed by atoms with E-state index in [2.05, 4.69) is 52.3 Å². The van der Waals surface area contributed by atoms with E-state index in [1.165, 1.54) is 60.3 Å². The summed E-state index contributed by atoms with van der Waals surface area (Å²) in [5, 5.41) is 9.99. The number of pyridine rings is 1. The van der Waals surface area contributed by atoms with Crippen molar-refractivity contribution >= 4 is 5.69 Å². The predicted octanol–water partition coefficient (Wildman–Crippen LogP) is 5.64. The Morgan fingerprint density at radius 1 is 0.828 bits per heavy atom. The van der Waals surface area contributed by atoms with Gasteiger partial charge >= 0.3 is 0 Å². The first-order chi connectivity index (χ1) is 14.3. The molecule has 1 saturated heterocycles. The molecule has 2 heterocycles. The molecular weight excluding hydrogens is 356 g/mol. The van der Waals surface area contributed by atoms with Crippen LogP contribution in [0.15, 0.2) is 67.0 Å². The van der Waals surface area contributed by atoms with Crippen LogP contribution in [0.1, 0.15) is 59.8 Å². The van der Waals surface area contributed by atoms with Gasteiger partial charge in [-0.1, -0.05) is 18.2 Å². The van der Waals surface area contributed by atoms with Gasteiger partial charge in [-0.25, -0.2) is 0 Å². The van der Waals surface area contributed by atoms with Gasteiger partial charge in [0, 0.05) is 37.1 Å². The third-order valence-electron chi connectivity index (χ3n) is 6.70. The van der Waals surface area contributed by atoms with Crippen molar-refractivity contribution in [1.29, 1.82) is 0 Å². The Labute approximate surface area is 173 Å². The molecule has 0 radical (unpaired) electrons. The summed E-state index contributed by atoms with van der Waals surface area (Å²) in [7, 11) is 0. The van der Waals surface area contributed by atoms with Crippen LogP contribution in [-0.4, -0.2) is 23.2 Å². The van der Waals surface area contributed by atoms with Crippen molar-refractivity contribution in [2.75, 3.05) is 18.0 Å². The normalized spacial score (nSPS) is 21.6. The lowest BCUT2D eigenvalue weighted by Gasteiger charge is -2.35. The van der Waals surface area contributed by atoms with Crippen LogP contribution in [0.4, 0.5) is 5.69 Å². The van der Waals surface area contributed by atoms with Crippen molar-refractivity contribution in [3.8, 4) is 5.75 Å². The Bertz CT molecular complexity index is 962. The quantitative estimate of drug-likeness (QED) is 0.635. The highest BCUT2D eigenvalue weighted by Crippen LogP contribution is 2.47. The van der Waals surface area contributed by atoms with E-state index in [1.54, 1.807) is 0 Å². The molecule has 2 aliphatic rings. The zero-order valence-corrected chi connectivity index (χ0v) is 16.8. The van der Waals surface area contributed by atoms with Crippen molar-refractivity contribution in [3.63, 3.8) is 0 Å². The lowest BCUT2D eigenvalue weighted by atomic mass is 9.69. The number of rotatable bonds is 3. The maximum absolute atomic E-state index is 9.99. The summed E-state index contributed by atoms with van der Waals surface area (Å²) in [6, 6.07) is 19.5. The molecule has 5 rings (SSSR count). The summed E-state index contributed by atoms with van der Waals surface area (Å²) >= 11 is 0. The van der Waals surface area contributed by atoms with Crippen LogP contribution in [0, 0.1) is 0 Å². The van der Waals surface area contributed by atoms with Gasteiger partial charge in [0.2, 0.25) is 0 Å². The second-order valence-electron chi connectivity index (χ2n) is 8.43. The molecule has 0 unspecified atom stereocenters. The molecule has 148 valence electrons. The lowest BCUT2D eigenvalue weighted by Crippen LogP contribution is -2.29. The summed E-state index contributed by atoms with van der Waals surface area (Å²) in [5.74, 6) is 1.10. The largest absolute Gasteiger partial charge is 0.508 e. The molecule has 3 nitrogen and oxygen atoms in total. The van der Waals surface area contributed by atoms with E-state index in [4.69, 9.17) is 0 Å². The van der Waals surface area contributed by atoms with Crippen LogP contribution in [0.5, 0.6) is 5.75 Å². The molecule has 1 aliphatic heterocycles. The highest BCUT2D eigenvalue weighted by molar-refractivity contribution is 5.52. The number of hydrogen-bond acceptors (Lipinski definition) is 3. The zero-order valence-electron chi connectivity index (χ0n) is 16.8. The molecule has 2 aromatic carbocycles. The van der Waals surface area contributed by atoms with Gasteiger partial charge in [-0.2, -0.15) is 0 Å². The summed E-state index contributed by atoms with van der Waals surface area (Å²) in [4.78, 5) is 6.73. The highest BCUT2D eigenvalue weighted by atomic mass is 16.3. The Hall–Kier alpha value is -2.81. The number of fused-ring (bicyclic) bond motifs is 1. The Kier molecular flexibility index (Phi) is 4.97. The maximum Gasteiger partial charge on any atom is 0.115 e. The highest BCUT2D eigenvalue weighted by Gasteiger charge is 2.32. The third-order valence-corrected chi connectivity index (χ3v) is 6.70. The topological polar surface area (TPSA) is 36.4 Å². The van der Waals surface area contributed by atoms with Crippen molar-refractivity contribution in [2.24, 2.45) is 0 Å². The average Bonchev–Trinajstić information content (AvgIpc) is 2.79. The molecule has 0 amide bonds. The second kappa shape index (κ2) is 7.90. The minimum Gasteiger partial charge on any atom is -0.508 e. The average molecular weight is 385 g/mol. The summed E-state index contributed by atoms with van der Waals surface area (Å²) in [5.41, 5.74) is 6.68. The first kappa shape index (κ1) is 18.2. The number of nitrogens with zero attached hydrogens (tertiary/aromatic N) is 2. The second-order valence-corrected chi connectivity index (χ2v) is 8.43. The number of phenolic OH excluding ortho intramolecular Hbond substituents is 1. The van der Waals surface area contributed by atoms with Gasteiger partial charge in [-0.15, -0.1) is 0 Å². The van der Waals surface area contributed by atoms with Crippen molar-refractivity contribution < 1.29 is 5.11 Å². The fourth-order valence-electron chi connectivity index (χ4n) is 5.23. The van der Waals surface area contributed by atoms with Crippen LogP contribution < -0.4 is 4.90 Å². The fourth-order valence-corrected chi connectivity index (χ4v) is 5.23. The van der Waals surface area contributed by atoms with E-state index in [0.29, 0.717) is 17.6 Å². The molecule has 3 heteroatoms. The van der Waals surface area contributed by atoms with Gasteiger partial charge in [0.25, 0.3) is 0 Å². The third kappa shape index (κ3) is 3.62. The molecule has 2 atom stereocenters. The SMILES string of the molecule is Oc1ccc2c(c1)CC[C@H](c1ccncc1)[C@@H]2c1ccc(N2CCCCC2)cc1. The standard InChI is InChI=1S/C26H28N2O/c29-23-9-11-25-21(18-23)6-10-24(19-12-14-27-15-13-19)26(25)20-4-7-22(8-5-20)28-16-2-1-3-17-28/h4-5,7-9,11-15,18,24,26,29H,1-3,6,10,16-17H2/t24-,26+/m1/s1. The number of aromatic hydroxyl groups is 1. The summed E-state index contributed by atoms with van der Waals surface area (Å²) in [6.07, 6.45) is 9.83. The van der Waals surface area contributed by atoms with Gasteiger partial charge in [0.1, 0.15) is 5.75 Å². The van der Waals surface area contributed by atoms with E-state index in [0.717, 1.165) is 12.8 Å². The van der Waals surface area contributed by atoms with E-state index in [9.17, 15) is 5.11 Å². The Balaban J connectivity index is 1.53. The Morgan fingerprint density at radius 2 is 1.59 bits per heavy atom. The lowest BCUT2D eigenvalue weighted by molar-refractivity contribution is 0.469. The predicted molar refractivity (Wildman–Crippen MR) is 118 cm³/mol. The van der Waals surface area contributed by atoms with E-state index >= 15 is 0 Å². The van der Waals surface area contributed by atoms with Gasteiger partial charge in [-0.3, -0.25) is 4.98 Å². The van der Waals surface area contributed by atoms with Crippen LogP contribution >= 0.6 is 0 Å². The van der Waals surface area contributed by atoms with Crippen molar-refractivity contribution in [1.82, 2.24) is 4.98 Å². The molecule has 29 heavy (non-hydrogen) atoms. The molecule has 1 aromatic heterocycles. The molecule has 0 spiro atoms. The number of piperidine rings is 1. The number of aryl methyl sites for hydroxylation is 1. The first-order valence-electron chi connectivity index (χ1n) is 10.9.